The van der Waals surface area contributed by atoms with Gasteiger partial charge in [-0.15, -0.1) is 0 Å². The van der Waals surface area contributed by atoms with E-state index in [2.05, 4.69) is 38.1 Å². The Balaban J connectivity index is 1.61. The average Bonchev–Trinajstić information content (AvgIpc) is 3.10. The van der Waals surface area contributed by atoms with Gasteiger partial charge in [0.05, 0.1) is 20.6 Å². The fourth-order valence-electron chi connectivity index (χ4n) is 2.85. The highest BCUT2D eigenvalue weighted by Crippen LogP contribution is 2.17. The van der Waals surface area contributed by atoms with Crippen LogP contribution in [0, 0.1) is 24.3 Å². The van der Waals surface area contributed by atoms with Crippen molar-refractivity contribution in [3.05, 3.63) is 62.7 Å². The highest BCUT2D eigenvalue weighted by molar-refractivity contribution is 14.1. The molecule has 6 nitrogen and oxygen atoms in total. The van der Waals surface area contributed by atoms with Gasteiger partial charge in [0.2, 0.25) is 5.91 Å². The van der Waals surface area contributed by atoms with Crippen LogP contribution in [0.3, 0.4) is 0 Å². The molecular formula is C19H22IN5O. The Kier molecular flexibility index (Phi) is 5.75. The minimum Gasteiger partial charge on any atom is -0.352 e. The van der Waals surface area contributed by atoms with Gasteiger partial charge < -0.3 is 5.32 Å². The van der Waals surface area contributed by atoms with E-state index < -0.39 is 0 Å². The molecule has 1 amide bonds. The predicted octanol–water partition coefficient (Wildman–Crippen LogP) is 3.31. The summed E-state index contributed by atoms with van der Waals surface area (Å²) in [6, 6.07) is 10.0. The van der Waals surface area contributed by atoms with Crippen LogP contribution in [0.5, 0.6) is 0 Å². The van der Waals surface area contributed by atoms with Crippen molar-refractivity contribution in [2.45, 2.75) is 40.3 Å². The molecule has 3 rings (SSSR count). The van der Waals surface area contributed by atoms with E-state index in [9.17, 15) is 4.79 Å². The Morgan fingerprint density at radius 3 is 2.50 bits per heavy atom. The van der Waals surface area contributed by atoms with Crippen molar-refractivity contribution in [1.82, 2.24) is 24.9 Å². The zero-order valence-corrected chi connectivity index (χ0v) is 17.3. The summed E-state index contributed by atoms with van der Waals surface area (Å²) in [5.41, 5.74) is 5.06. The van der Waals surface area contributed by atoms with E-state index in [1.54, 1.807) is 0 Å². The molecule has 0 aliphatic heterocycles. The number of benzene rings is 1. The minimum atomic E-state index is 0.0134. The Labute approximate surface area is 166 Å². The smallest absolute Gasteiger partial charge is 0.222 e. The number of carbonyl (C=O) groups excluding carboxylic acids is 1. The van der Waals surface area contributed by atoms with Crippen LogP contribution in [-0.2, 0) is 17.9 Å². The quantitative estimate of drug-likeness (QED) is 0.571. The van der Waals surface area contributed by atoms with Crippen LogP contribution in [0.15, 0.2) is 36.5 Å². The lowest BCUT2D eigenvalue weighted by Crippen LogP contribution is -2.24. The molecule has 0 spiro atoms. The van der Waals surface area contributed by atoms with E-state index >= 15 is 0 Å². The van der Waals surface area contributed by atoms with Crippen molar-refractivity contribution in [1.29, 1.82) is 0 Å². The standard InChI is InChI=1S/C19H22IN5O/c1-13-17(15(3)25(23-13)16-7-5-4-6-8-16)11-21-19(26)9-10-24-12-18(20)14(2)22-24/h4-8,12H,9-11H2,1-3H3,(H,21,26). The fraction of sp³-hybridized carbons (Fsp3) is 0.316. The molecule has 136 valence electrons. The molecule has 0 saturated carbocycles. The number of hydrogen-bond donors (Lipinski definition) is 1. The van der Waals surface area contributed by atoms with Crippen molar-refractivity contribution in [2.24, 2.45) is 0 Å². The molecule has 26 heavy (non-hydrogen) atoms. The first-order valence-electron chi connectivity index (χ1n) is 8.52. The van der Waals surface area contributed by atoms with E-state index in [0.717, 1.165) is 31.9 Å². The lowest BCUT2D eigenvalue weighted by molar-refractivity contribution is -0.121. The molecule has 0 atom stereocenters. The summed E-state index contributed by atoms with van der Waals surface area (Å²) in [5.74, 6) is 0.0134. The number of nitrogens with one attached hydrogen (secondary N) is 1. The maximum atomic E-state index is 12.2. The van der Waals surface area contributed by atoms with Gasteiger partial charge >= 0.3 is 0 Å². The Morgan fingerprint density at radius 1 is 1.12 bits per heavy atom. The number of aryl methyl sites for hydroxylation is 3. The van der Waals surface area contributed by atoms with E-state index in [4.69, 9.17) is 0 Å². The molecule has 0 radical (unpaired) electrons. The van der Waals surface area contributed by atoms with Crippen LogP contribution in [0.4, 0.5) is 0 Å². The summed E-state index contributed by atoms with van der Waals surface area (Å²) in [7, 11) is 0. The second kappa shape index (κ2) is 8.03. The predicted molar refractivity (Wildman–Crippen MR) is 109 cm³/mol. The van der Waals surface area contributed by atoms with Gasteiger partial charge in [-0.3, -0.25) is 9.48 Å². The van der Waals surface area contributed by atoms with Crippen molar-refractivity contribution in [2.75, 3.05) is 0 Å². The highest BCUT2D eigenvalue weighted by atomic mass is 127. The Morgan fingerprint density at radius 2 is 1.85 bits per heavy atom. The topological polar surface area (TPSA) is 64.7 Å². The molecule has 1 N–H and O–H groups in total. The van der Waals surface area contributed by atoms with Gasteiger partial charge in [0.25, 0.3) is 0 Å². The van der Waals surface area contributed by atoms with Gasteiger partial charge in [-0.25, -0.2) is 4.68 Å². The molecule has 0 saturated heterocycles. The van der Waals surface area contributed by atoms with E-state index in [-0.39, 0.29) is 5.91 Å². The SMILES string of the molecule is Cc1nn(CCC(=O)NCc2c(C)nn(-c3ccccc3)c2C)cc1I. The summed E-state index contributed by atoms with van der Waals surface area (Å²) in [5, 5.41) is 12.0. The van der Waals surface area contributed by atoms with Gasteiger partial charge in [0.1, 0.15) is 0 Å². The summed E-state index contributed by atoms with van der Waals surface area (Å²) < 4.78 is 4.86. The lowest BCUT2D eigenvalue weighted by atomic mass is 10.2. The normalized spacial score (nSPS) is 10.9. The largest absolute Gasteiger partial charge is 0.352 e. The Hall–Kier alpha value is -2.16. The molecule has 2 aromatic heterocycles. The molecular weight excluding hydrogens is 441 g/mol. The molecule has 3 aromatic rings. The van der Waals surface area contributed by atoms with Gasteiger partial charge in [0.15, 0.2) is 0 Å². The molecule has 0 aliphatic rings. The number of para-hydroxylation sites is 1. The maximum Gasteiger partial charge on any atom is 0.222 e. The fourth-order valence-corrected chi connectivity index (χ4v) is 3.28. The number of nitrogens with zero attached hydrogens (tertiary/aromatic N) is 4. The third kappa shape index (κ3) is 4.14. The zero-order valence-electron chi connectivity index (χ0n) is 15.2. The third-order valence-electron chi connectivity index (χ3n) is 4.36. The first-order valence-corrected chi connectivity index (χ1v) is 9.60. The maximum absolute atomic E-state index is 12.2. The number of halogens is 1. The summed E-state index contributed by atoms with van der Waals surface area (Å²) in [4.78, 5) is 12.2. The first kappa shape index (κ1) is 18.6. The minimum absolute atomic E-state index is 0.0134. The van der Waals surface area contributed by atoms with Crippen molar-refractivity contribution >= 4 is 28.5 Å². The molecule has 0 bridgehead atoms. The molecule has 0 unspecified atom stereocenters. The van der Waals surface area contributed by atoms with Gasteiger partial charge in [-0.1, -0.05) is 18.2 Å². The second-order valence-corrected chi connectivity index (χ2v) is 7.41. The third-order valence-corrected chi connectivity index (χ3v) is 5.42. The average molecular weight is 463 g/mol. The number of hydrogen-bond acceptors (Lipinski definition) is 3. The molecule has 0 aliphatic carbocycles. The second-order valence-electron chi connectivity index (χ2n) is 6.25. The molecule has 0 fully saturated rings. The highest BCUT2D eigenvalue weighted by Gasteiger charge is 2.13. The number of amides is 1. The van der Waals surface area contributed by atoms with Crippen LogP contribution in [0.2, 0.25) is 0 Å². The van der Waals surface area contributed by atoms with E-state index in [1.807, 2.05) is 66.7 Å². The summed E-state index contributed by atoms with van der Waals surface area (Å²) in [6.07, 6.45) is 2.36. The molecule has 7 heteroatoms. The van der Waals surface area contributed by atoms with Crippen LogP contribution < -0.4 is 5.32 Å². The van der Waals surface area contributed by atoms with Crippen LogP contribution >= 0.6 is 22.6 Å². The monoisotopic (exact) mass is 463 g/mol. The number of aromatic nitrogens is 4. The van der Waals surface area contributed by atoms with Gasteiger partial charge in [0, 0.05) is 37.0 Å². The Bertz CT molecular complexity index is 894. The van der Waals surface area contributed by atoms with Crippen LogP contribution in [0.1, 0.15) is 29.1 Å². The van der Waals surface area contributed by atoms with Gasteiger partial charge in [-0.2, -0.15) is 10.2 Å². The molecule has 2 heterocycles. The molecule has 1 aromatic carbocycles. The lowest BCUT2D eigenvalue weighted by Gasteiger charge is -2.07. The van der Waals surface area contributed by atoms with Crippen LogP contribution in [0.25, 0.3) is 5.69 Å². The van der Waals surface area contributed by atoms with E-state index in [0.29, 0.717) is 19.5 Å². The summed E-state index contributed by atoms with van der Waals surface area (Å²) in [6.45, 7) is 7.04. The van der Waals surface area contributed by atoms with Crippen molar-refractivity contribution in [3.63, 3.8) is 0 Å². The van der Waals surface area contributed by atoms with E-state index in [1.165, 1.54) is 0 Å². The first-order chi connectivity index (χ1) is 12.5. The van der Waals surface area contributed by atoms with Crippen molar-refractivity contribution < 1.29 is 4.79 Å². The van der Waals surface area contributed by atoms with Gasteiger partial charge in [-0.05, 0) is 55.5 Å². The van der Waals surface area contributed by atoms with Crippen molar-refractivity contribution in [3.8, 4) is 5.69 Å². The summed E-state index contributed by atoms with van der Waals surface area (Å²) >= 11 is 2.25. The number of carbonyl (C=O) groups is 1. The zero-order chi connectivity index (χ0) is 18.7. The van der Waals surface area contributed by atoms with Crippen LogP contribution in [-0.4, -0.2) is 25.5 Å². The number of rotatable bonds is 6.